The maximum absolute atomic E-state index is 13.8. The van der Waals surface area contributed by atoms with Crippen molar-refractivity contribution in [3.63, 3.8) is 0 Å². The molecule has 1 heterocycles. The average Bonchev–Trinajstić information content (AvgIpc) is 3.12. The lowest BCUT2D eigenvalue weighted by molar-refractivity contribution is 0.468. The number of fused-ring (bicyclic) bond motifs is 1. The van der Waals surface area contributed by atoms with Gasteiger partial charge in [0.1, 0.15) is 11.5 Å². The van der Waals surface area contributed by atoms with E-state index in [1.807, 2.05) is 67.6 Å². The lowest BCUT2D eigenvalue weighted by Gasteiger charge is -2.21. The van der Waals surface area contributed by atoms with Crippen molar-refractivity contribution in [3.05, 3.63) is 122 Å². The van der Waals surface area contributed by atoms with E-state index in [1.54, 1.807) is 24.3 Å². The van der Waals surface area contributed by atoms with Crippen molar-refractivity contribution in [1.29, 1.82) is 0 Å². The van der Waals surface area contributed by atoms with Crippen LogP contribution in [0.4, 0.5) is 0 Å². The lowest BCUT2D eigenvalue weighted by atomic mass is 9.82. The number of aryl methyl sites for hydroxylation is 1. The molecule has 0 aliphatic rings. The van der Waals surface area contributed by atoms with E-state index in [0.29, 0.717) is 21.3 Å². The fourth-order valence-electron chi connectivity index (χ4n) is 4.43. The molecule has 1 atom stereocenters. The van der Waals surface area contributed by atoms with Crippen LogP contribution in [0.2, 0.25) is 0 Å². The molecule has 33 heavy (non-hydrogen) atoms. The summed E-state index contributed by atoms with van der Waals surface area (Å²) in [6, 6.07) is 25.9. The first-order valence-electron chi connectivity index (χ1n) is 10.5. The standard InChI is InChI=1S/C27H21BrN2O3/c1-16-24(27(33)30(29-16)19-8-3-2-4-9-19)25(18-12-13-22(31)21(28)15-18)26-20-10-6-5-7-17(20)11-14-23(26)32/h2-15,25,29,31-32H,1H3. The summed E-state index contributed by atoms with van der Waals surface area (Å²) in [7, 11) is 0. The number of benzene rings is 4. The van der Waals surface area contributed by atoms with Crippen LogP contribution in [0, 0.1) is 6.92 Å². The summed E-state index contributed by atoms with van der Waals surface area (Å²) in [4.78, 5) is 13.8. The van der Waals surface area contributed by atoms with Gasteiger partial charge in [-0.05, 0) is 69.5 Å². The van der Waals surface area contributed by atoms with Gasteiger partial charge in [0, 0.05) is 17.2 Å². The quantitative estimate of drug-likeness (QED) is 0.284. The molecule has 0 spiro atoms. The Hall–Kier alpha value is -3.77. The molecule has 0 aliphatic carbocycles. The van der Waals surface area contributed by atoms with Gasteiger partial charge in [-0.25, -0.2) is 4.68 Å². The number of hydrogen-bond donors (Lipinski definition) is 3. The van der Waals surface area contributed by atoms with Crippen molar-refractivity contribution < 1.29 is 10.2 Å². The highest BCUT2D eigenvalue weighted by Crippen LogP contribution is 2.42. The van der Waals surface area contributed by atoms with Gasteiger partial charge < -0.3 is 10.2 Å². The van der Waals surface area contributed by atoms with Gasteiger partial charge in [-0.1, -0.05) is 54.6 Å². The van der Waals surface area contributed by atoms with E-state index >= 15 is 0 Å². The first kappa shape index (κ1) is 21.1. The predicted molar refractivity (Wildman–Crippen MR) is 133 cm³/mol. The molecule has 0 aliphatic heterocycles. The van der Waals surface area contributed by atoms with Crippen LogP contribution in [-0.2, 0) is 0 Å². The molecule has 0 saturated carbocycles. The van der Waals surface area contributed by atoms with Crippen LogP contribution in [0.1, 0.15) is 28.3 Å². The SMILES string of the molecule is Cc1[nH]n(-c2ccccc2)c(=O)c1C(c1ccc(O)c(Br)c1)c1c(O)ccc2ccccc12. The zero-order valence-corrected chi connectivity index (χ0v) is 19.4. The molecule has 6 heteroatoms. The minimum Gasteiger partial charge on any atom is -0.508 e. The number of hydrogen-bond acceptors (Lipinski definition) is 3. The smallest absolute Gasteiger partial charge is 0.275 e. The van der Waals surface area contributed by atoms with E-state index in [2.05, 4.69) is 21.0 Å². The number of aromatic amines is 1. The van der Waals surface area contributed by atoms with E-state index in [-0.39, 0.29) is 17.1 Å². The zero-order chi connectivity index (χ0) is 23.1. The first-order chi connectivity index (χ1) is 16.0. The Kier molecular flexibility index (Phi) is 5.30. The highest BCUT2D eigenvalue weighted by atomic mass is 79.9. The monoisotopic (exact) mass is 500 g/mol. The molecule has 5 nitrogen and oxygen atoms in total. The fourth-order valence-corrected chi connectivity index (χ4v) is 4.82. The number of aromatic hydroxyl groups is 2. The number of halogens is 1. The Morgan fingerprint density at radius 1 is 0.848 bits per heavy atom. The third-order valence-corrected chi connectivity index (χ3v) is 6.60. The van der Waals surface area contributed by atoms with Crippen LogP contribution in [0.25, 0.3) is 16.5 Å². The van der Waals surface area contributed by atoms with Gasteiger partial charge in [0.05, 0.1) is 15.7 Å². The Morgan fingerprint density at radius 3 is 2.30 bits per heavy atom. The summed E-state index contributed by atoms with van der Waals surface area (Å²) >= 11 is 3.40. The Bertz CT molecular complexity index is 1540. The molecule has 1 unspecified atom stereocenters. The third kappa shape index (κ3) is 3.62. The minimum atomic E-state index is -0.568. The van der Waals surface area contributed by atoms with Crippen LogP contribution >= 0.6 is 15.9 Å². The molecule has 5 rings (SSSR count). The summed E-state index contributed by atoms with van der Waals surface area (Å²) in [5.41, 5.74) is 3.18. The molecule has 0 saturated heterocycles. The van der Waals surface area contributed by atoms with E-state index in [9.17, 15) is 15.0 Å². The summed E-state index contributed by atoms with van der Waals surface area (Å²) in [6.45, 7) is 1.86. The van der Waals surface area contributed by atoms with Gasteiger partial charge in [0.25, 0.3) is 5.56 Å². The van der Waals surface area contributed by atoms with Crippen LogP contribution in [-0.4, -0.2) is 20.0 Å². The largest absolute Gasteiger partial charge is 0.508 e. The Labute approximate surface area is 198 Å². The van der Waals surface area contributed by atoms with E-state index in [1.165, 1.54) is 4.68 Å². The van der Waals surface area contributed by atoms with E-state index < -0.39 is 5.92 Å². The normalized spacial score (nSPS) is 12.2. The Balaban J connectivity index is 1.85. The second kappa shape index (κ2) is 8.30. The van der Waals surface area contributed by atoms with Gasteiger partial charge in [0.2, 0.25) is 0 Å². The second-order valence-corrected chi connectivity index (χ2v) is 8.84. The molecule has 0 fully saturated rings. The lowest BCUT2D eigenvalue weighted by Crippen LogP contribution is -2.21. The average molecular weight is 501 g/mol. The second-order valence-electron chi connectivity index (χ2n) is 7.99. The molecule has 0 amide bonds. The number of phenolic OH excluding ortho intramolecular Hbond substituents is 2. The van der Waals surface area contributed by atoms with Crippen molar-refractivity contribution in [2.45, 2.75) is 12.8 Å². The number of phenols is 2. The topological polar surface area (TPSA) is 78.2 Å². The Morgan fingerprint density at radius 2 is 1.55 bits per heavy atom. The minimum absolute atomic E-state index is 0.104. The summed E-state index contributed by atoms with van der Waals surface area (Å²) in [5.74, 6) is -0.358. The van der Waals surface area contributed by atoms with Gasteiger partial charge in [-0.2, -0.15) is 0 Å². The molecule has 3 N–H and O–H groups in total. The van der Waals surface area contributed by atoms with Crippen molar-refractivity contribution in [3.8, 4) is 17.2 Å². The maximum atomic E-state index is 13.8. The highest BCUT2D eigenvalue weighted by Gasteiger charge is 2.29. The summed E-state index contributed by atoms with van der Waals surface area (Å²) < 4.78 is 2.04. The molecule has 0 radical (unpaired) electrons. The number of para-hydroxylation sites is 1. The maximum Gasteiger partial charge on any atom is 0.275 e. The zero-order valence-electron chi connectivity index (χ0n) is 17.8. The molecule has 4 aromatic carbocycles. The number of H-pyrrole nitrogens is 1. The van der Waals surface area contributed by atoms with Crippen molar-refractivity contribution in [2.24, 2.45) is 0 Å². The van der Waals surface area contributed by atoms with E-state index in [0.717, 1.165) is 22.0 Å². The van der Waals surface area contributed by atoms with Crippen LogP contribution in [0.15, 0.2) is 94.2 Å². The van der Waals surface area contributed by atoms with Gasteiger partial charge in [-0.15, -0.1) is 0 Å². The van der Waals surface area contributed by atoms with Crippen LogP contribution in [0.5, 0.6) is 11.5 Å². The first-order valence-corrected chi connectivity index (χ1v) is 11.3. The van der Waals surface area contributed by atoms with Gasteiger partial charge in [-0.3, -0.25) is 9.89 Å². The number of rotatable bonds is 4. The summed E-state index contributed by atoms with van der Waals surface area (Å²) in [6.07, 6.45) is 0. The van der Waals surface area contributed by atoms with Crippen molar-refractivity contribution in [2.75, 3.05) is 0 Å². The molecule has 164 valence electrons. The summed E-state index contributed by atoms with van der Waals surface area (Å²) in [5, 5.41) is 26.2. The molecular weight excluding hydrogens is 480 g/mol. The van der Waals surface area contributed by atoms with Crippen LogP contribution in [0.3, 0.4) is 0 Å². The molecule has 5 aromatic rings. The van der Waals surface area contributed by atoms with Gasteiger partial charge >= 0.3 is 0 Å². The predicted octanol–water partition coefficient (Wildman–Crippen LogP) is 5.98. The van der Waals surface area contributed by atoms with Gasteiger partial charge in [0.15, 0.2) is 0 Å². The molecular formula is C27H21BrN2O3. The molecule has 0 bridgehead atoms. The number of aromatic nitrogens is 2. The fraction of sp³-hybridized carbons (Fsp3) is 0.0741. The van der Waals surface area contributed by atoms with Crippen LogP contribution < -0.4 is 5.56 Å². The van der Waals surface area contributed by atoms with E-state index in [4.69, 9.17) is 0 Å². The van der Waals surface area contributed by atoms with Crippen molar-refractivity contribution >= 4 is 26.7 Å². The van der Waals surface area contributed by atoms with Crippen molar-refractivity contribution in [1.82, 2.24) is 9.78 Å². The number of nitrogens with one attached hydrogen (secondary N) is 1. The molecule has 1 aromatic heterocycles. The third-order valence-electron chi connectivity index (χ3n) is 5.96. The number of nitrogens with zero attached hydrogens (tertiary/aromatic N) is 1. The highest BCUT2D eigenvalue weighted by molar-refractivity contribution is 9.10.